The third-order valence-electron chi connectivity index (χ3n) is 13.5. The van der Waals surface area contributed by atoms with Crippen molar-refractivity contribution in [3.8, 4) is 11.1 Å². The highest BCUT2D eigenvalue weighted by Gasteiger charge is 2.46. The minimum absolute atomic E-state index is 0.107. The first kappa shape index (κ1) is 38.3. The van der Waals surface area contributed by atoms with E-state index in [4.69, 9.17) is 0 Å². The van der Waals surface area contributed by atoms with Crippen LogP contribution in [0.3, 0.4) is 0 Å². The molecule has 1 heteroatoms. The molecule has 1 nitrogen and oxygen atoms in total. The van der Waals surface area contributed by atoms with Crippen molar-refractivity contribution in [2.24, 2.45) is 0 Å². The van der Waals surface area contributed by atoms with Gasteiger partial charge in [-0.3, -0.25) is 0 Å². The Kier molecular flexibility index (Phi) is 9.57. The van der Waals surface area contributed by atoms with Crippen LogP contribution >= 0.6 is 0 Å². The number of benzene rings is 7. The van der Waals surface area contributed by atoms with Crippen molar-refractivity contribution >= 4 is 45.6 Å². The van der Waals surface area contributed by atoms with Gasteiger partial charge in [-0.05, 0) is 146 Å². The Balaban J connectivity index is 1.18. The second-order valence-corrected chi connectivity index (χ2v) is 17.1. The van der Waals surface area contributed by atoms with Crippen molar-refractivity contribution in [2.75, 3.05) is 4.90 Å². The van der Waals surface area contributed by atoms with E-state index < -0.39 is 5.41 Å². The van der Waals surface area contributed by atoms with Gasteiger partial charge in [-0.1, -0.05) is 184 Å². The smallest absolute Gasteiger partial charge is 0.0711 e. The van der Waals surface area contributed by atoms with Crippen LogP contribution < -0.4 is 4.90 Å². The van der Waals surface area contributed by atoms with Gasteiger partial charge < -0.3 is 4.90 Å². The van der Waals surface area contributed by atoms with E-state index in [-0.39, 0.29) is 5.41 Å². The summed E-state index contributed by atoms with van der Waals surface area (Å²) in [5.74, 6) is 0. The largest absolute Gasteiger partial charge is 0.310 e. The lowest BCUT2D eigenvalue weighted by Gasteiger charge is -2.35. The Labute approximate surface area is 361 Å². The van der Waals surface area contributed by atoms with Crippen molar-refractivity contribution in [1.82, 2.24) is 0 Å². The number of nitrogens with zero attached hydrogens (tertiary/aromatic N) is 1. The molecule has 1 unspecified atom stereocenters. The molecule has 1 atom stereocenters. The van der Waals surface area contributed by atoms with Crippen molar-refractivity contribution in [3.63, 3.8) is 0 Å². The van der Waals surface area contributed by atoms with E-state index >= 15 is 0 Å². The highest BCUT2D eigenvalue weighted by molar-refractivity contribution is 5.97. The minimum Gasteiger partial charge on any atom is -0.310 e. The molecule has 0 heterocycles. The highest BCUT2D eigenvalue weighted by Crippen LogP contribution is 2.58. The topological polar surface area (TPSA) is 3.24 Å². The van der Waals surface area contributed by atoms with Crippen LogP contribution in [0.4, 0.5) is 17.1 Å². The number of rotatable bonds is 9. The van der Waals surface area contributed by atoms with Crippen molar-refractivity contribution < 1.29 is 0 Å². The van der Waals surface area contributed by atoms with Gasteiger partial charge in [0.05, 0.1) is 5.41 Å². The molecule has 0 amide bonds. The van der Waals surface area contributed by atoms with Crippen LogP contribution in [0.2, 0.25) is 0 Å². The standard InChI is InChI=1S/C60H51N/c1-6-19-44(7-2)60(45-22-10-9-11-23-45)57-29-17-15-27-52(57)54-37-34-48(40-58(54)60)61(47-33-36-50-43(39-47)32-31-42-21-12-13-25-49(42)50)46-24-18-20-41(38-46)30-35-53-51-26-14-16-28-56(51)59(4,5)55(53)8-3/h6-11,13-20,22-40H,3,12,21H2,1-2,4-5H3/b19-6-,35-30+,44-7+. The SMILES string of the molecule is C=CC1=C(/C=C/c2cccc(N(c3ccc4c(c3)C(C(/C=C\C)=C/C)(c3ccccc3)c3ccccc3-4)c3ccc4c5c(ccc4c3)CCC=C5)c2)c2ccccc2C1(C)C. The summed E-state index contributed by atoms with van der Waals surface area (Å²) in [7, 11) is 0. The molecule has 0 radical (unpaired) electrons. The molecule has 10 rings (SSSR count). The second kappa shape index (κ2) is 15.3. The molecule has 0 aliphatic heterocycles. The van der Waals surface area contributed by atoms with Gasteiger partial charge in [0.15, 0.2) is 0 Å². The summed E-state index contributed by atoms with van der Waals surface area (Å²) < 4.78 is 0. The van der Waals surface area contributed by atoms with E-state index in [0.717, 1.165) is 35.5 Å². The van der Waals surface area contributed by atoms with E-state index in [1.54, 1.807) is 0 Å². The molecule has 0 saturated carbocycles. The lowest BCUT2D eigenvalue weighted by atomic mass is 9.67. The summed E-state index contributed by atoms with van der Waals surface area (Å²) in [6, 6.07) is 56.7. The molecule has 3 aliphatic rings. The zero-order chi connectivity index (χ0) is 41.7. The predicted octanol–water partition coefficient (Wildman–Crippen LogP) is 16.1. The average Bonchev–Trinajstić information content (AvgIpc) is 3.72. The van der Waals surface area contributed by atoms with Crippen LogP contribution in [0.15, 0.2) is 206 Å². The van der Waals surface area contributed by atoms with Crippen LogP contribution in [-0.2, 0) is 17.3 Å². The number of allylic oxidation sites excluding steroid dienone is 9. The van der Waals surface area contributed by atoms with Crippen LogP contribution in [-0.4, -0.2) is 0 Å². The molecule has 0 bridgehead atoms. The van der Waals surface area contributed by atoms with Gasteiger partial charge in [0.25, 0.3) is 0 Å². The summed E-state index contributed by atoms with van der Waals surface area (Å²) >= 11 is 0. The first-order valence-electron chi connectivity index (χ1n) is 21.8. The van der Waals surface area contributed by atoms with E-state index in [2.05, 4.69) is 233 Å². The Morgan fingerprint density at radius 3 is 2.16 bits per heavy atom. The van der Waals surface area contributed by atoms with Gasteiger partial charge in [0.1, 0.15) is 0 Å². The van der Waals surface area contributed by atoms with E-state index in [1.165, 1.54) is 77.6 Å². The van der Waals surface area contributed by atoms with Gasteiger partial charge in [0, 0.05) is 22.5 Å². The van der Waals surface area contributed by atoms with Gasteiger partial charge in [-0.2, -0.15) is 0 Å². The fraction of sp³-hybridized carbons (Fsp3) is 0.133. The summed E-state index contributed by atoms with van der Waals surface area (Å²) in [5.41, 5.74) is 19.4. The second-order valence-electron chi connectivity index (χ2n) is 17.1. The van der Waals surface area contributed by atoms with Gasteiger partial charge in [0.2, 0.25) is 0 Å². The highest BCUT2D eigenvalue weighted by atomic mass is 15.1. The summed E-state index contributed by atoms with van der Waals surface area (Å²) in [4.78, 5) is 2.46. The number of hydrogen-bond donors (Lipinski definition) is 0. The average molecular weight is 786 g/mol. The number of aryl methyl sites for hydroxylation is 1. The molecule has 0 aromatic heterocycles. The Hall–Kier alpha value is -6.96. The number of anilines is 3. The summed E-state index contributed by atoms with van der Waals surface area (Å²) in [6.07, 6.45) is 20.2. The van der Waals surface area contributed by atoms with Crippen LogP contribution in [0.5, 0.6) is 0 Å². The maximum absolute atomic E-state index is 4.26. The lowest BCUT2D eigenvalue weighted by Crippen LogP contribution is -2.29. The molecule has 7 aromatic rings. The molecule has 0 N–H and O–H groups in total. The van der Waals surface area contributed by atoms with Crippen molar-refractivity contribution in [1.29, 1.82) is 0 Å². The minimum atomic E-state index is -0.503. The Morgan fingerprint density at radius 1 is 0.639 bits per heavy atom. The van der Waals surface area contributed by atoms with Crippen LogP contribution in [0.1, 0.15) is 78.6 Å². The zero-order valence-electron chi connectivity index (χ0n) is 35.6. The summed E-state index contributed by atoms with van der Waals surface area (Å²) in [6.45, 7) is 13.2. The van der Waals surface area contributed by atoms with E-state index in [9.17, 15) is 0 Å². The van der Waals surface area contributed by atoms with Gasteiger partial charge in [-0.25, -0.2) is 0 Å². The third-order valence-corrected chi connectivity index (χ3v) is 13.5. The fourth-order valence-electron chi connectivity index (χ4n) is 10.7. The van der Waals surface area contributed by atoms with Crippen LogP contribution in [0.25, 0.3) is 39.6 Å². The first-order chi connectivity index (χ1) is 29.9. The molecule has 0 spiro atoms. The molecule has 296 valence electrons. The van der Waals surface area contributed by atoms with Gasteiger partial charge >= 0.3 is 0 Å². The predicted molar refractivity (Wildman–Crippen MR) is 262 cm³/mol. The molecule has 7 aromatic carbocycles. The Bertz CT molecular complexity index is 3040. The number of hydrogen-bond acceptors (Lipinski definition) is 1. The molecular formula is C60H51N. The molecule has 0 saturated heterocycles. The van der Waals surface area contributed by atoms with Crippen LogP contribution in [0, 0.1) is 0 Å². The first-order valence-corrected chi connectivity index (χ1v) is 21.8. The van der Waals surface area contributed by atoms with Crippen molar-refractivity contribution in [2.45, 2.75) is 51.4 Å². The van der Waals surface area contributed by atoms with E-state index in [0.29, 0.717) is 0 Å². The maximum atomic E-state index is 4.26. The molecule has 0 fully saturated rings. The monoisotopic (exact) mass is 785 g/mol. The fourth-order valence-corrected chi connectivity index (χ4v) is 10.7. The summed E-state index contributed by atoms with van der Waals surface area (Å²) in [5, 5.41) is 2.54. The Morgan fingerprint density at radius 2 is 1.36 bits per heavy atom. The third kappa shape index (κ3) is 6.06. The molecular weight excluding hydrogens is 735 g/mol. The zero-order valence-corrected chi connectivity index (χ0v) is 35.6. The van der Waals surface area contributed by atoms with Crippen molar-refractivity contribution in [3.05, 3.63) is 250 Å². The van der Waals surface area contributed by atoms with Gasteiger partial charge in [-0.15, -0.1) is 0 Å². The maximum Gasteiger partial charge on any atom is 0.0711 e. The molecule has 61 heavy (non-hydrogen) atoms. The lowest BCUT2D eigenvalue weighted by molar-refractivity contribution is 0.654. The molecule has 3 aliphatic carbocycles. The number of fused-ring (bicyclic) bond motifs is 7. The van der Waals surface area contributed by atoms with E-state index in [1.807, 2.05) is 6.08 Å². The normalized spacial score (nSPS) is 17.5. The quantitative estimate of drug-likeness (QED) is 0.132.